The third-order valence-electron chi connectivity index (χ3n) is 3.44. The second kappa shape index (κ2) is 13.1. The van der Waals surface area contributed by atoms with Gasteiger partial charge in [-0.1, -0.05) is 19.8 Å². The summed E-state index contributed by atoms with van der Waals surface area (Å²) in [4.78, 5) is 21.7. The van der Waals surface area contributed by atoms with Crippen molar-refractivity contribution in [3.8, 4) is 0 Å². The molecule has 0 spiro atoms. The van der Waals surface area contributed by atoms with Crippen molar-refractivity contribution >= 4 is 47.4 Å². The molecule has 9 heteroatoms. The molecule has 0 aliphatic carbocycles. The van der Waals surface area contributed by atoms with Crippen LogP contribution in [0.4, 0.5) is 4.79 Å². The number of alkyl carbamates (subject to hydrolysis) is 1. The predicted molar refractivity (Wildman–Crippen MR) is 123 cm³/mol. The zero-order valence-electron chi connectivity index (χ0n) is 17.2. The first kappa shape index (κ1) is 25.9. The molecule has 0 saturated carbocycles. The summed E-state index contributed by atoms with van der Waals surface area (Å²) < 4.78 is 5.30. The minimum atomic E-state index is -0.500. The normalized spacial score (nSPS) is 12.7. The summed E-state index contributed by atoms with van der Waals surface area (Å²) in [5.74, 6) is 0.699. The lowest BCUT2D eigenvalue weighted by Crippen LogP contribution is -2.48. The lowest BCUT2D eigenvalue weighted by molar-refractivity contribution is 0.0523. The monoisotopic (exact) mass is 511 g/mol. The molecule has 0 fully saturated rings. The molecule has 0 aromatic carbocycles. The molecule has 1 heterocycles. The molecular weight excluding hydrogens is 477 g/mol. The van der Waals surface area contributed by atoms with Gasteiger partial charge in [-0.15, -0.1) is 35.3 Å². The minimum absolute atomic E-state index is 0. The van der Waals surface area contributed by atoms with E-state index in [0.717, 1.165) is 24.3 Å². The van der Waals surface area contributed by atoms with Crippen LogP contribution in [0, 0.1) is 6.92 Å². The number of amides is 1. The molecule has 0 saturated heterocycles. The fraction of sp³-hybridized carbons (Fsp3) is 0.722. The smallest absolute Gasteiger partial charge is 0.407 e. The van der Waals surface area contributed by atoms with E-state index in [9.17, 15) is 4.79 Å². The lowest BCUT2D eigenvalue weighted by atomic mass is 10.1. The number of hydrogen-bond acceptors (Lipinski definition) is 5. The third kappa shape index (κ3) is 12.1. The van der Waals surface area contributed by atoms with E-state index in [1.807, 2.05) is 33.9 Å². The number of nitrogens with one attached hydrogen (secondary N) is 3. The van der Waals surface area contributed by atoms with E-state index in [2.05, 4.69) is 32.9 Å². The number of thiazole rings is 1. The zero-order chi connectivity index (χ0) is 19.6. The summed E-state index contributed by atoms with van der Waals surface area (Å²) in [7, 11) is 1.74. The Balaban J connectivity index is 0.00000676. The van der Waals surface area contributed by atoms with Gasteiger partial charge >= 0.3 is 6.09 Å². The van der Waals surface area contributed by atoms with Gasteiger partial charge in [0.05, 0.1) is 6.54 Å². The number of carbonyl (C=O) groups excluding carboxylic acids is 1. The van der Waals surface area contributed by atoms with Crippen LogP contribution >= 0.6 is 35.3 Å². The van der Waals surface area contributed by atoms with Crippen molar-refractivity contribution in [3.05, 3.63) is 16.1 Å². The molecule has 0 aliphatic rings. The molecule has 1 rings (SSSR count). The molecule has 1 atom stereocenters. The maximum Gasteiger partial charge on any atom is 0.407 e. The number of guanidine groups is 1. The number of aromatic nitrogens is 1. The standard InChI is InChI=1S/C18H33N5O2S.HI/c1-7-8-9-14(11-22-17(24)25-18(3,4)5)23-16(19-6)21-12-15-20-10-13(2)26-15;/h10,14H,7-9,11-12H2,1-6H3,(H,22,24)(H2,19,21,23);1H. The lowest BCUT2D eigenvalue weighted by Gasteiger charge is -2.24. The Bertz CT molecular complexity index is 587. The Labute approximate surface area is 184 Å². The van der Waals surface area contributed by atoms with Gasteiger partial charge in [0.1, 0.15) is 10.6 Å². The first-order valence-electron chi connectivity index (χ1n) is 9.08. The minimum Gasteiger partial charge on any atom is -0.444 e. The van der Waals surface area contributed by atoms with Crippen LogP contribution in [0.15, 0.2) is 11.2 Å². The van der Waals surface area contributed by atoms with Gasteiger partial charge in [-0.3, -0.25) is 4.99 Å². The van der Waals surface area contributed by atoms with Crippen molar-refractivity contribution in [2.75, 3.05) is 13.6 Å². The van der Waals surface area contributed by atoms with Crippen molar-refractivity contribution in [3.63, 3.8) is 0 Å². The summed E-state index contributed by atoms with van der Waals surface area (Å²) in [5, 5.41) is 10.5. The van der Waals surface area contributed by atoms with Crippen LogP contribution in [-0.4, -0.2) is 42.3 Å². The average molecular weight is 511 g/mol. The number of hydrogen-bond donors (Lipinski definition) is 3. The molecule has 7 nitrogen and oxygen atoms in total. The number of halogens is 1. The van der Waals surface area contributed by atoms with Gasteiger partial charge in [0.2, 0.25) is 0 Å². The molecule has 1 amide bonds. The highest BCUT2D eigenvalue weighted by molar-refractivity contribution is 14.0. The van der Waals surface area contributed by atoms with Gasteiger partial charge in [-0.05, 0) is 34.1 Å². The average Bonchev–Trinajstić information content (AvgIpc) is 2.97. The van der Waals surface area contributed by atoms with Crippen molar-refractivity contribution in [1.29, 1.82) is 0 Å². The van der Waals surface area contributed by atoms with Crippen molar-refractivity contribution in [1.82, 2.24) is 20.9 Å². The quantitative estimate of drug-likeness (QED) is 0.281. The Kier molecular flexibility index (Phi) is 12.6. The van der Waals surface area contributed by atoms with Gasteiger partial charge in [-0.25, -0.2) is 9.78 Å². The highest BCUT2D eigenvalue weighted by Gasteiger charge is 2.18. The zero-order valence-corrected chi connectivity index (χ0v) is 20.4. The van der Waals surface area contributed by atoms with E-state index in [1.54, 1.807) is 18.4 Å². The molecular formula is C18H34IN5O2S. The van der Waals surface area contributed by atoms with E-state index < -0.39 is 11.7 Å². The summed E-state index contributed by atoms with van der Waals surface area (Å²) in [6, 6.07) is 0.0756. The highest BCUT2D eigenvalue weighted by atomic mass is 127. The van der Waals surface area contributed by atoms with Crippen molar-refractivity contribution in [2.24, 2.45) is 4.99 Å². The van der Waals surface area contributed by atoms with Crippen LogP contribution in [0.25, 0.3) is 0 Å². The fourth-order valence-electron chi connectivity index (χ4n) is 2.23. The molecule has 0 aliphatic heterocycles. The summed E-state index contributed by atoms with van der Waals surface area (Å²) >= 11 is 1.66. The number of aryl methyl sites for hydroxylation is 1. The van der Waals surface area contributed by atoms with Crippen molar-refractivity contribution in [2.45, 2.75) is 72.1 Å². The van der Waals surface area contributed by atoms with E-state index in [4.69, 9.17) is 4.74 Å². The molecule has 156 valence electrons. The number of nitrogens with zero attached hydrogens (tertiary/aromatic N) is 2. The van der Waals surface area contributed by atoms with E-state index in [0.29, 0.717) is 19.0 Å². The Hall–Kier alpha value is -1.10. The van der Waals surface area contributed by atoms with Crippen LogP contribution in [0.2, 0.25) is 0 Å². The third-order valence-corrected chi connectivity index (χ3v) is 4.35. The molecule has 3 N–H and O–H groups in total. The van der Waals surface area contributed by atoms with E-state index in [1.165, 1.54) is 4.88 Å². The highest BCUT2D eigenvalue weighted by Crippen LogP contribution is 2.10. The number of ether oxygens (including phenoxy) is 1. The van der Waals surface area contributed by atoms with Crippen LogP contribution in [0.1, 0.15) is 56.8 Å². The largest absolute Gasteiger partial charge is 0.444 e. The first-order chi connectivity index (χ1) is 12.2. The second-order valence-electron chi connectivity index (χ2n) is 7.16. The van der Waals surface area contributed by atoms with Crippen LogP contribution in [0.3, 0.4) is 0 Å². The SMILES string of the molecule is CCCCC(CNC(=O)OC(C)(C)C)NC(=NC)NCc1ncc(C)s1.I. The Morgan fingerprint density at radius 1 is 1.37 bits per heavy atom. The summed E-state index contributed by atoms with van der Waals surface area (Å²) in [6.45, 7) is 10.8. The molecule has 1 aromatic rings. The summed E-state index contributed by atoms with van der Waals surface area (Å²) in [6.07, 6.45) is 4.56. The topological polar surface area (TPSA) is 87.6 Å². The van der Waals surface area contributed by atoms with Crippen LogP contribution in [-0.2, 0) is 11.3 Å². The van der Waals surface area contributed by atoms with Gasteiger partial charge in [0.25, 0.3) is 0 Å². The Morgan fingerprint density at radius 2 is 2.07 bits per heavy atom. The van der Waals surface area contributed by atoms with Crippen LogP contribution in [0.5, 0.6) is 0 Å². The van der Waals surface area contributed by atoms with Gasteiger partial charge in [0.15, 0.2) is 5.96 Å². The van der Waals surface area contributed by atoms with Crippen LogP contribution < -0.4 is 16.0 Å². The number of aliphatic imine (C=N–C) groups is 1. The Morgan fingerprint density at radius 3 is 2.59 bits per heavy atom. The molecule has 0 radical (unpaired) electrons. The van der Waals surface area contributed by atoms with Gasteiger partial charge in [-0.2, -0.15) is 0 Å². The van der Waals surface area contributed by atoms with Gasteiger partial charge < -0.3 is 20.7 Å². The predicted octanol–water partition coefficient (Wildman–Crippen LogP) is 3.82. The molecule has 1 unspecified atom stereocenters. The van der Waals surface area contributed by atoms with Crippen molar-refractivity contribution < 1.29 is 9.53 Å². The fourth-order valence-corrected chi connectivity index (χ4v) is 2.95. The van der Waals surface area contributed by atoms with E-state index in [-0.39, 0.29) is 30.0 Å². The second-order valence-corrected chi connectivity index (χ2v) is 8.48. The number of carbonyl (C=O) groups is 1. The summed E-state index contributed by atoms with van der Waals surface area (Å²) in [5.41, 5.74) is -0.500. The maximum absolute atomic E-state index is 11.9. The number of unbranched alkanes of at least 4 members (excludes halogenated alkanes) is 1. The first-order valence-corrected chi connectivity index (χ1v) is 9.90. The molecule has 27 heavy (non-hydrogen) atoms. The molecule has 1 aromatic heterocycles. The maximum atomic E-state index is 11.9. The molecule has 0 bridgehead atoms. The number of rotatable bonds is 8. The van der Waals surface area contributed by atoms with Gasteiger partial charge in [0, 0.05) is 30.7 Å². The van der Waals surface area contributed by atoms with E-state index >= 15 is 0 Å².